The number of benzene rings is 1. The molecule has 5 nitrogen and oxygen atoms in total. The van der Waals surface area contributed by atoms with E-state index in [0.29, 0.717) is 5.69 Å². The molecular weight excluding hydrogens is 293 g/mol. The summed E-state index contributed by atoms with van der Waals surface area (Å²) < 4.78 is 41.8. The van der Waals surface area contributed by atoms with Crippen molar-refractivity contribution in [2.75, 3.05) is 4.72 Å². The molecule has 0 amide bonds. The van der Waals surface area contributed by atoms with Gasteiger partial charge in [-0.3, -0.25) is 9.40 Å². The molecule has 2 aromatic rings. The zero-order valence-corrected chi connectivity index (χ0v) is 13.2. The normalized spacial score (nSPS) is 12.4. The summed E-state index contributed by atoms with van der Waals surface area (Å²) in [5.74, 6) is -0.436. The largest absolute Gasteiger partial charge is 0.276 e. The fourth-order valence-electron chi connectivity index (χ4n) is 1.74. The van der Waals surface area contributed by atoms with Crippen LogP contribution >= 0.6 is 0 Å². The molecule has 0 saturated heterocycles. The van der Waals surface area contributed by atoms with E-state index in [1.54, 1.807) is 10.9 Å². The van der Waals surface area contributed by atoms with Crippen LogP contribution in [0.25, 0.3) is 0 Å². The number of rotatable bonds is 3. The van der Waals surface area contributed by atoms with E-state index in [1.165, 1.54) is 25.3 Å². The van der Waals surface area contributed by atoms with Gasteiger partial charge in [-0.1, -0.05) is 0 Å². The number of aryl methyl sites for hydroxylation is 1. The quantitative estimate of drug-likeness (QED) is 0.948. The lowest BCUT2D eigenvalue weighted by Gasteiger charge is -2.18. The number of hydrogen-bond acceptors (Lipinski definition) is 3. The molecule has 0 atom stereocenters. The molecule has 0 radical (unpaired) electrons. The molecule has 21 heavy (non-hydrogen) atoms. The highest BCUT2D eigenvalue weighted by Crippen LogP contribution is 2.20. The second kappa shape index (κ2) is 5.14. The van der Waals surface area contributed by atoms with Gasteiger partial charge in [0.1, 0.15) is 5.82 Å². The molecule has 7 heteroatoms. The van der Waals surface area contributed by atoms with E-state index in [-0.39, 0.29) is 16.0 Å². The maximum absolute atomic E-state index is 13.2. The van der Waals surface area contributed by atoms with Gasteiger partial charge in [-0.05, 0) is 51.5 Å². The van der Waals surface area contributed by atoms with Crippen molar-refractivity contribution in [3.8, 4) is 0 Å². The molecule has 2 rings (SSSR count). The van der Waals surface area contributed by atoms with Gasteiger partial charge in [0, 0.05) is 6.20 Å². The smallest absolute Gasteiger partial charge is 0.262 e. The second-order valence-corrected chi connectivity index (χ2v) is 7.54. The van der Waals surface area contributed by atoms with Crippen LogP contribution in [-0.2, 0) is 15.6 Å². The van der Waals surface area contributed by atoms with Gasteiger partial charge in [0.15, 0.2) is 0 Å². The summed E-state index contributed by atoms with van der Waals surface area (Å²) in [5.41, 5.74) is 0.408. The van der Waals surface area contributed by atoms with Crippen LogP contribution in [0.3, 0.4) is 0 Å². The SMILES string of the molecule is Cc1cc(S(=O)(=O)Nc2cnn(C(C)(C)C)c2)ccc1F. The van der Waals surface area contributed by atoms with E-state index >= 15 is 0 Å². The maximum Gasteiger partial charge on any atom is 0.262 e. The fraction of sp³-hybridized carbons (Fsp3) is 0.357. The summed E-state index contributed by atoms with van der Waals surface area (Å²) in [6.45, 7) is 7.40. The predicted molar refractivity (Wildman–Crippen MR) is 79.2 cm³/mol. The standard InChI is InChI=1S/C14H18FN3O2S/c1-10-7-12(5-6-13(10)15)21(19,20)17-11-8-16-18(9-11)14(2,3)4/h5-9,17H,1-4H3. The Balaban J connectivity index is 2.29. The van der Waals surface area contributed by atoms with Crippen LogP contribution in [0.15, 0.2) is 35.5 Å². The molecule has 1 aromatic carbocycles. The van der Waals surface area contributed by atoms with Gasteiger partial charge in [-0.2, -0.15) is 5.10 Å². The highest BCUT2D eigenvalue weighted by molar-refractivity contribution is 7.92. The first-order valence-corrected chi connectivity index (χ1v) is 7.92. The zero-order chi connectivity index (χ0) is 15.8. The Hall–Kier alpha value is -1.89. The van der Waals surface area contributed by atoms with Crippen LogP contribution in [0.4, 0.5) is 10.1 Å². The minimum atomic E-state index is -3.75. The van der Waals surface area contributed by atoms with E-state index in [1.807, 2.05) is 20.8 Å². The Labute approximate surface area is 123 Å². The summed E-state index contributed by atoms with van der Waals surface area (Å²) in [7, 11) is -3.75. The number of aromatic nitrogens is 2. The van der Waals surface area contributed by atoms with Crippen LogP contribution in [0.5, 0.6) is 0 Å². The minimum Gasteiger partial charge on any atom is -0.276 e. The Morgan fingerprint density at radius 1 is 1.29 bits per heavy atom. The molecule has 1 N–H and O–H groups in total. The average molecular weight is 311 g/mol. The van der Waals surface area contributed by atoms with Crippen LogP contribution < -0.4 is 4.72 Å². The van der Waals surface area contributed by atoms with Crippen molar-refractivity contribution in [1.29, 1.82) is 0 Å². The third-order valence-electron chi connectivity index (χ3n) is 2.96. The van der Waals surface area contributed by atoms with Gasteiger partial charge in [-0.15, -0.1) is 0 Å². The number of anilines is 1. The number of hydrogen-bond donors (Lipinski definition) is 1. The van der Waals surface area contributed by atoms with Crippen molar-refractivity contribution < 1.29 is 12.8 Å². The molecule has 114 valence electrons. The summed E-state index contributed by atoms with van der Waals surface area (Å²) >= 11 is 0. The van der Waals surface area contributed by atoms with Crippen molar-refractivity contribution >= 4 is 15.7 Å². The molecule has 0 aliphatic carbocycles. The van der Waals surface area contributed by atoms with Gasteiger partial charge in [0.05, 0.1) is 22.3 Å². The van der Waals surface area contributed by atoms with Gasteiger partial charge >= 0.3 is 0 Å². The Morgan fingerprint density at radius 3 is 2.48 bits per heavy atom. The van der Waals surface area contributed by atoms with Gasteiger partial charge in [0.2, 0.25) is 0 Å². The molecule has 0 unspecified atom stereocenters. The molecule has 0 spiro atoms. The zero-order valence-electron chi connectivity index (χ0n) is 12.4. The Morgan fingerprint density at radius 2 is 1.95 bits per heavy atom. The highest BCUT2D eigenvalue weighted by atomic mass is 32.2. The molecule has 0 fully saturated rings. The van der Waals surface area contributed by atoms with E-state index in [0.717, 1.165) is 6.07 Å². The van der Waals surface area contributed by atoms with Crippen molar-refractivity contribution in [2.24, 2.45) is 0 Å². The van der Waals surface area contributed by atoms with Gasteiger partial charge in [-0.25, -0.2) is 12.8 Å². The van der Waals surface area contributed by atoms with E-state index < -0.39 is 15.8 Å². The molecule has 0 bridgehead atoms. The third-order valence-corrected chi connectivity index (χ3v) is 4.34. The van der Waals surface area contributed by atoms with Crippen LogP contribution in [0.1, 0.15) is 26.3 Å². The molecule has 0 saturated carbocycles. The first-order valence-electron chi connectivity index (χ1n) is 6.44. The number of halogens is 1. The van der Waals surface area contributed by atoms with Crippen LogP contribution in [0, 0.1) is 12.7 Å². The van der Waals surface area contributed by atoms with Crippen LogP contribution in [0.2, 0.25) is 0 Å². The lowest BCUT2D eigenvalue weighted by molar-refractivity contribution is 0.355. The topological polar surface area (TPSA) is 64.0 Å². The lowest BCUT2D eigenvalue weighted by Crippen LogP contribution is -2.22. The number of sulfonamides is 1. The lowest BCUT2D eigenvalue weighted by atomic mass is 10.1. The van der Waals surface area contributed by atoms with Crippen molar-refractivity contribution in [2.45, 2.75) is 38.1 Å². The summed E-state index contributed by atoms with van der Waals surface area (Å²) in [5, 5.41) is 4.13. The van der Waals surface area contributed by atoms with Gasteiger partial charge in [0.25, 0.3) is 10.0 Å². The van der Waals surface area contributed by atoms with Crippen LogP contribution in [-0.4, -0.2) is 18.2 Å². The highest BCUT2D eigenvalue weighted by Gasteiger charge is 2.19. The van der Waals surface area contributed by atoms with Crippen molar-refractivity contribution in [1.82, 2.24) is 9.78 Å². The molecular formula is C14H18FN3O2S. The van der Waals surface area contributed by atoms with E-state index in [2.05, 4.69) is 9.82 Å². The maximum atomic E-state index is 13.2. The Bertz CT molecular complexity index is 761. The number of nitrogens with zero attached hydrogens (tertiary/aromatic N) is 2. The third kappa shape index (κ3) is 3.41. The minimum absolute atomic E-state index is 0.0184. The second-order valence-electron chi connectivity index (χ2n) is 5.86. The van der Waals surface area contributed by atoms with Crippen molar-refractivity contribution in [3.63, 3.8) is 0 Å². The number of nitrogens with one attached hydrogen (secondary N) is 1. The van der Waals surface area contributed by atoms with Crippen molar-refractivity contribution in [3.05, 3.63) is 42.0 Å². The molecule has 1 heterocycles. The Kier molecular flexibility index (Phi) is 3.79. The fourth-order valence-corrected chi connectivity index (χ4v) is 2.85. The molecule has 0 aliphatic heterocycles. The first kappa shape index (κ1) is 15.5. The summed E-state index contributed by atoms with van der Waals surface area (Å²) in [6, 6.07) is 3.67. The van der Waals surface area contributed by atoms with E-state index in [9.17, 15) is 12.8 Å². The predicted octanol–water partition coefficient (Wildman–Crippen LogP) is 2.89. The molecule has 0 aliphatic rings. The summed E-state index contributed by atoms with van der Waals surface area (Å²) in [4.78, 5) is 0.0184. The monoisotopic (exact) mass is 311 g/mol. The van der Waals surface area contributed by atoms with E-state index in [4.69, 9.17) is 0 Å². The molecule has 1 aromatic heterocycles. The summed E-state index contributed by atoms with van der Waals surface area (Å²) in [6.07, 6.45) is 3.06. The average Bonchev–Trinajstić information content (AvgIpc) is 2.80. The van der Waals surface area contributed by atoms with Gasteiger partial charge < -0.3 is 0 Å². The first-order chi connectivity index (χ1) is 9.59.